The molecule has 4 heteroatoms. The van der Waals surface area contributed by atoms with Crippen molar-refractivity contribution in [2.45, 2.75) is 19.4 Å². The van der Waals surface area contributed by atoms with E-state index in [9.17, 15) is 5.26 Å². The minimum absolute atomic E-state index is 0.217. The lowest BCUT2D eigenvalue weighted by Crippen LogP contribution is -2.05. The first-order valence-corrected chi connectivity index (χ1v) is 7.99. The van der Waals surface area contributed by atoms with Crippen LogP contribution in [0, 0.1) is 11.3 Å². The van der Waals surface area contributed by atoms with Crippen LogP contribution in [0.5, 0.6) is 5.75 Å². The molecule has 1 unspecified atom stereocenters. The predicted molar refractivity (Wildman–Crippen MR) is 94.4 cm³/mol. The summed E-state index contributed by atoms with van der Waals surface area (Å²) in [5, 5.41) is 9.63. The first-order chi connectivity index (χ1) is 11.7. The summed E-state index contributed by atoms with van der Waals surface area (Å²) in [6.07, 6.45) is 3.02. The Bertz CT molecular complexity index is 1010. The van der Waals surface area contributed by atoms with Crippen molar-refractivity contribution in [1.82, 2.24) is 9.55 Å². The van der Waals surface area contributed by atoms with Gasteiger partial charge in [-0.15, -0.1) is 0 Å². The summed E-state index contributed by atoms with van der Waals surface area (Å²) in [6.45, 7) is 2.07. The standard InChI is InChI=1S/C20H17N3O/c1-13-9-15-10-14(7-8-19(15)24-13)11-16(12-21)20-22-17-5-3-4-6-18(17)23(20)2/h3-8,10-11,13H,9H2,1-2H3/b16-11+. The molecular formula is C20H17N3O. The van der Waals surface area contributed by atoms with Gasteiger partial charge in [0.1, 0.15) is 17.9 Å². The molecule has 4 rings (SSSR count). The lowest BCUT2D eigenvalue weighted by atomic mass is 10.0. The fourth-order valence-electron chi connectivity index (χ4n) is 3.23. The SMILES string of the molecule is CC1Cc2cc(/C=C(\C#N)c3nc4ccccc4n3C)ccc2O1. The van der Waals surface area contributed by atoms with Crippen LogP contribution < -0.4 is 4.74 Å². The van der Waals surface area contributed by atoms with E-state index in [2.05, 4.69) is 24.0 Å². The maximum Gasteiger partial charge on any atom is 0.151 e. The molecule has 0 fully saturated rings. The fourth-order valence-corrected chi connectivity index (χ4v) is 3.23. The van der Waals surface area contributed by atoms with E-state index in [1.54, 1.807) is 0 Å². The minimum atomic E-state index is 0.217. The zero-order chi connectivity index (χ0) is 16.7. The maximum absolute atomic E-state index is 9.63. The summed E-state index contributed by atoms with van der Waals surface area (Å²) < 4.78 is 7.70. The summed E-state index contributed by atoms with van der Waals surface area (Å²) in [5.41, 5.74) is 4.66. The molecule has 0 aliphatic carbocycles. The van der Waals surface area contributed by atoms with Crippen molar-refractivity contribution < 1.29 is 4.74 Å². The van der Waals surface area contributed by atoms with E-state index in [-0.39, 0.29) is 6.10 Å². The van der Waals surface area contributed by atoms with Crippen molar-refractivity contribution in [3.8, 4) is 11.8 Å². The van der Waals surface area contributed by atoms with Crippen molar-refractivity contribution in [2.75, 3.05) is 0 Å². The largest absolute Gasteiger partial charge is 0.490 e. The molecule has 118 valence electrons. The second-order valence-electron chi connectivity index (χ2n) is 6.15. The highest BCUT2D eigenvalue weighted by Gasteiger charge is 2.19. The van der Waals surface area contributed by atoms with E-state index in [4.69, 9.17) is 4.74 Å². The second kappa shape index (κ2) is 5.54. The highest BCUT2D eigenvalue weighted by atomic mass is 16.5. The number of rotatable bonds is 2. The third-order valence-electron chi connectivity index (χ3n) is 4.38. The van der Waals surface area contributed by atoms with Gasteiger partial charge in [-0.25, -0.2) is 4.98 Å². The molecule has 1 aromatic heterocycles. The molecule has 0 amide bonds. The monoisotopic (exact) mass is 315 g/mol. The number of benzene rings is 2. The Morgan fingerprint density at radius 2 is 2.17 bits per heavy atom. The molecule has 4 nitrogen and oxygen atoms in total. The van der Waals surface area contributed by atoms with Crippen LogP contribution in [-0.2, 0) is 13.5 Å². The predicted octanol–water partition coefficient (Wildman–Crippen LogP) is 3.96. The molecule has 0 bridgehead atoms. The van der Waals surface area contributed by atoms with Gasteiger partial charge in [0.25, 0.3) is 0 Å². The molecule has 3 aromatic rings. The van der Waals surface area contributed by atoms with Gasteiger partial charge in [0.15, 0.2) is 5.82 Å². The van der Waals surface area contributed by atoms with Crippen molar-refractivity contribution in [3.63, 3.8) is 0 Å². The summed E-state index contributed by atoms with van der Waals surface area (Å²) >= 11 is 0. The maximum atomic E-state index is 9.63. The van der Waals surface area contributed by atoms with Gasteiger partial charge in [0.2, 0.25) is 0 Å². The zero-order valence-electron chi connectivity index (χ0n) is 13.7. The summed E-state index contributed by atoms with van der Waals surface area (Å²) in [5.74, 6) is 1.63. The fraction of sp³-hybridized carbons (Fsp3) is 0.200. The molecular weight excluding hydrogens is 298 g/mol. The Labute approximate surface area is 140 Å². The van der Waals surface area contributed by atoms with Gasteiger partial charge in [-0.2, -0.15) is 5.26 Å². The number of para-hydroxylation sites is 2. The van der Waals surface area contributed by atoms with Crippen LogP contribution in [0.1, 0.15) is 23.9 Å². The summed E-state index contributed by atoms with van der Waals surface area (Å²) in [7, 11) is 1.94. The molecule has 1 aliphatic heterocycles. The highest BCUT2D eigenvalue weighted by molar-refractivity contribution is 5.91. The van der Waals surface area contributed by atoms with Crippen LogP contribution in [0.3, 0.4) is 0 Å². The number of ether oxygens (including phenoxy) is 1. The molecule has 1 aliphatic rings. The van der Waals surface area contributed by atoms with Gasteiger partial charge >= 0.3 is 0 Å². The van der Waals surface area contributed by atoms with Gasteiger partial charge in [0, 0.05) is 13.5 Å². The molecule has 0 spiro atoms. The third kappa shape index (κ3) is 2.35. The average molecular weight is 315 g/mol. The highest BCUT2D eigenvalue weighted by Crippen LogP contribution is 2.30. The molecule has 2 heterocycles. The van der Waals surface area contributed by atoms with E-state index < -0.39 is 0 Å². The number of fused-ring (bicyclic) bond motifs is 2. The number of nitrogens with zero attached hydrogens (tertiary/aromatic N) is 3. The number of aryl methyl sites for hydroxylation is 1. The van der Waals surface area contributed by atoms with Crippen LogP contribution >= 0.6 is 0 Å². The topological polar surface area (TPSA) is 50.8 Å². The van der Waals surface area contributed by atoms with E-state index >= 15 is 0 Å². The molecule has 0 radical (unpaired) electrons. The molecule has 2 aromatic carbocycles. The Balaban J connectivity index is 1.78. The molecule has 0 N–H and O–H groups in total. The lowest BCUT2D eigenvalue weighted by Gasteiger charge is -2.03. The lowest BCUT2D eigenvalue weighted by molar-refractivity contribution is 0.254. The number of aromatic nitrogens is 2. The molecule has 0 saturated heterocycles. The third-order valence-corrected chi connectivity index (χ3v) is 4.38. The zero-order valence-corrected chi connectivity index (χ0v) is 13.7. The van der Waals surface area contributed by atoms with Crippen LogP contribution in [-0.4, -0.2) is 15.7 Å². The van der Waals surface area contributed by atoms with Crippen molar-refractivity contribution >= 4 is 22.7 Å². The molecule has 0 saturated carbocycles. The first kappa shape index (κ1) is 14.5. The van der Waals surface area contributed by atoms with Crippen LogP contribution in [0.25, 0.3) is 22.7 Å². The smallest absolute Gasteiger partial charge is 0.151 e. The van der Waals surface area contributed by atoms with Gasteiger partial charge in [-0.05, 0) is 48.4 Å². The second-order valence-corrected chi connectivity index (χ2v) is 6.15. The first-order valence-electron chi connectivity index (χ1n) is 7.99. The van der Waals surface area contributed by atoms with E-state index in [1.807, 2.05) is 54.1 Å². The van der Waals surface area contributed by atoms with Crippen molar-refractivity contribution in [3.05, 3.63) is 59.4 Å². The van der Waals surface area contributed by atoms with Gasteiger partial charge in [-0.1, -0.05) is 18.2 Å². The van der Waals surface area contributed by atoms with Crippen molar-refractivity contribution in [1.29, 1.82) is 5.26 Å². The van der Waals surface area contributed by atoms with Gasteiger partial charge < -0.3 is 9.30 Å². The van der Waals surface area contributed by atoms with Gasteiger partial charge in [0.05, 0.1) is 16.6 Å². The number of nitriles is 1. The summed E-state index contributed by atoms with van der Waals surface area (Å²) in [4.78, 5) is 4.61. The Hall–Kier alpha value is -3.06. The Morgan fingerprint density at radius 1 is 1.33 bits per heavy atom. The molecule has 24 heavy (non-hydrogen) atoms. The molecule has 1 atom stereocenters. The number of imidazole rings is 1. The van der Waals surface area contributed by atoms with Crippen LogP contribution in [0.2, 0.25) is 0 Å². The average Bonchev–Trinajstić information content (AvgIpc) is 3.12. The number of hydrogen-bond acceptors (Lipinski definition) is 3. The number of allylic oxidation sites excluding steroid dienone is 1. The van der Waals surface area contributed by atoms with Crippen LogP contribution in [0.15, 0.2) is 42.5 Å². The normalized spacial score (nSPS) is 16.7. The van der Waals surface area contributed by atoms with E-state index in [0.717, 1.165) is 28.8 Å². The van der Waals surface area contributed by atoms with E-state index in [0.29, 0.717) is 11.4 Å². The number of hydrogen-bond donors (Lipinski definition) is 0. The summed E-state index contributed by atoms with van der Waals surface area (Å²) in [6, 6.07) is 16.3. The van der Waals surface area contributed by atoms with Crippen LogP contribution in [0.4, 0.5) is 0 Å². The Kier molecular flexibility index (Phi) is 3.35. The van der Waals surface area contributed by atoms with Gasteiger partial charge in [-0.3, -0.25) is 0 Å². The van der Waals surface area contributed by atoms with Crippen molar-refractivity contribution in [2.24, 2.45) is 7.05 Å². The minimum Gasteiger partial charge on any atom is -0.490 e. The van der Waals surface area contributed by atoms with E-state index in [1.165, 1.54) is 5.56 Å². The Morgan fingerprint density at radius 3 is 2.96 bits per heavy atom. The quantitative estimate of drug-likeness (QED) is 0.673.